The lowest BCUT2D eigenvalue weighted by Gasteiger charge is -2.00. The van der Waals surface area contributed by atoms with Crippen LogP contribution in [0.3, 0.4) is 0 Å². The van der Waals surface area contributed by atoms with Gasteiger partial charge in [0.15, 0.2) is 0 Å². The number of furan rings is 1. The number of hydrogen-bond acceptors (Lipinski definition) is 3. The summed E-state index contributed by atoms with van der Waals surface area (Å²) in [6.07, 6.45) is 1.28. The van der Waals surface area contributed by atoms with E-state index in [0.717, 1.165) is 24.0 Å². The molecule has 2 aromatic rings. The molecule has 3 heteroatoms. The van der Waals surface area contributed by atoms with Crippen LogP contribution in [0.5, 0.6) is 0 Å². The first-order valence-corrected chi connectivity index (χ1v) is 6.62. The molecule has 0 radical (unpaired) electrons. The van der Waals surface area contributed by atoms with Crippen molar-refractivity contribution in [3.8, 4) is 0 Å². The first kappa shape index (κ1) is 9.97. The minimum absolute atomic E-state index is 0.676. The van der Waals surface area contributed by atoms with Gasteiger partial charge in [-0.05, 0) is 35.9 Å². The molecule has 0 saturated heterocycles. The maximum Gasteiger partial charge on any atom is 0.123 e. The quantitative estimate of drug-likeness (QED) is 0.861. The van der Waals surface area contributed by atoms with Gasteiger partial charge in [-0.25, -0.2) is 0 Å². The summed E-state index contributed by atoms with van der Waals surface area (Å²) >= 11 is 1.70. The van der Waals surface area contributed by atoms with Gasteiger partial charge in [0, 0.05) is 17.0 Å². The number of anilines is 1. The SMILES string of the molecule is CC1CC1c1ccc(CNc2ccsc2)o1. The predicted octanol–water partition coefficient (Wildman–Crippen LogP) is 4.08. The molecule has 2 nitrogen and oxygen atoms in total. The number of nitrogens with one attached hydrogen (secondary N) is 1. The van der Waals surface area contributed by atoms with Crippen LogP contribution in [0, 0.1) is 5.92 Å². The fourth-order valence-corrected chi connectivity index (χ4v) is 2.57. The molecule has 3 rings (SSSR count). The first-order chi connectivity index (χ1) is 7.83. The van der Waals surface area contributed by atoms with Crippen LogP contribution >= 0.6 is 11.3 Å². The average Bonchev–Trinajstić information content (AvgIpc) is 2.80. The molecule has 2 heterocycles. The van der Waals surface area contributed by atoms with Crippen molar-refractivity contribution in [2.24, 2.45) is 5.92 Å². The second-order valence-electron chi connectivity index (χ2n) is 4.49. The fourth-order valence-electron chi connectivity index (χ4n) is 1.96. The van der Waals surface area contributed by atoms with E-state index in [1.54, 1.807) is 11.3 Å². The third kappa shape index (κ3) is 2.00. The Hall–Kier alpha value is -1.22. The topological polar surface area (TPSA) is 25.2 Å². The van der Waals surface area contributed by atoms with Crippen LogP contribution in [0.25, 0.3) is 0 Å². The summed E-state index contributed by atoms with van der Waals surface area (Å²) in [5.74, 6) is 3.67. The van der Waals surface area contributed by atoms with Crippen LogP contribution in [0.2, 0.25) is 0 Å². The van der Waals surface area contributed by atoms with E-state index in [2.05, 4.69) is 41.2 Å². The average molecular weight is 233 g/mol. The van der Waals surface area contributed by atoms with E-state index in [1.165, 1.54) is 12.1 Å². The van der Waals surface area contributed by atoms with Gasteiger partial charge in [0.25, 0.3) is 0 Å². The number of rotatable bonds is 4. The Labute approximate surface area is 99.3 Å². The summed E-state index contributed by atoms with van der Waals surface area (Å²) in [7, 11) is 0. The van der Waals surface area contributed by atoms with Gasteiger partial charge >= 0.3 is 0 Å². The third-order valence-electron chi connectivity index (χ3n) is 3.15. The van der Waals surface area contributed by atoms with Gasteiger partial charge in [0.2, 0.25) is 0 Å². The van der Waals surface area contributed by atoms with Gasteiger partial charge in [0.1, 0.15) is 11.5 Å². The molecule has 0 aliphatic heterocycles. The summed E-state index contributed by atoms with van der Waals surface area (Å²) in [6.45, 7) is 3.05. The minimum atomic E-state index is 0.676. The summed E-state index contributed by atoms with van der Waals surface area (Å²) in [4.78, 5) is 0. The van der Waals surface area contributed by atoms with Crippen LogP contribution in [-0.4, -0.2) is 0 Å². The molecule has 16 heavy (non-hydrogen) atoms. The number of hydrogen-bond donors (Lipinski definition) is 1. The van der Waals surface area contributed by atoms with Crippen LogP contribution in [-0.2, 0) is 6.54 Å². The Morgan fingerprint density at radius 3 is 3.00 bits per heavy atom. The summed E-state index contributed by atoms with van der Waals surface area (Å²) in [5.41, 5.74) is 1.17. The van der Waals surface area contributed by atoms with Crippen LogP contribution in [0.1, 0.15) is 30.8 Å². The maximum atomic E-state index is 5.82. The van der Waals surface area contributed by atoms with Crippen molar-refractivity contribution in [2.45, 2.75) is 25.8 Å². The van der Waals surface area contributed by atoms with Crippen LogP contribution in [0.15, 0.2) is 33.4 Å². The third-order valence-corrected chi connectivity index (χ3v) is 3.83. The van der Waals surface area contributed by atoms with Crippen molar-refractivity contribution in [1.29, 1.82) is 0 Å². The zero-order chi connectivity index (χ0) is 11.0. The molecule has 2 atom stereocenters. The molecule has 2 unspecified atom stereocenters. The second kappa shape index (κ2) is 3.98. The highest BCUT2D eigenvalue weighted by molar-refractivity contribution is 7.08. The van der Waals surface area contributed by atoms with Crippen molar-refractivity contribution in [3.63, 3.8) is 0 Å². The lowest BCUT2D eigenvalue weighted by atomic mass is 10.3. The van der Waals surface area contributed by atoms with E-state index in [4.69, 9.17) is 4.42 Å². The summed E-state index contributed by atoms with van der Waals surface area (Å²) < 4.78 is 5.82. The molecule has 1 saturated carbocycles. The molecule has 1 N–H and O–H groups in total. The maximum absolute atomic E-state index is 5.82. The molecule has 1 aliphatic rings. The van der Waals surface area contributed by atoms with Gasteiger partial charge in [-0.2, -0.15) is 11.3 Å². The molecule has 0 spiro atoms. The normalized spacial score (nSPS) is 23.3. The molecule has 0 bridgehead atoms. The van der Waals surface area contributed by atoms with Gasteiger partial charge < -0.3 is 9.73 Å². The van der Waals surface area contributed by atoms with Crippen molar-refractivity contribution in [2.75, 3.05) is 5.32 Å². The van der Waals surface area contributed by atoms with Gasteiger partial charge in [-0.15, -0.1) is 0 Å². The highest BCUT2D eigenvalue weighted by atomic mass is 32.1. The Balaban J connectivity index is 1.60. The predicted molar refractivity (Wildman–Crippen MR) is 66.9 cm³/mol. The molecule has 1 aliphatic carbocycles. The van der Waals surface area contributed by atoms with Gasteiger partial charge in [-0.1, -0.05) is 6.92 Å². The molecular formula is C13H15NOS. The summed E-state index contributed by atoms with van der Waals surface area (Å²) in [5, 5.41) is 7.52. The lowest BCUT2D eigenvalue weighted by Crippen LogP contribution is -1.96. The van der Waals surface area contributed by atoms with Crippen molar-refractivity contribution in [1.82, 2.24) is 0 Å². The highest BCUT2D eigenvalue weighted by Crippen LogP contribution is 2.47. The Bertz CT molecular complexity index is 460. The molecule has 84 valence electrons. The standard InChI is InChI=1S/C13H15NOS/c1-9-6-12(9)13-3-2-11(15-13)7-14-10-4-5-16-8-10/h2-5,8-9,12,14H,6-7H2,1H3. The van der Waals surface area contributed by atoms with Crippen molar-refractivity contribution in [3.05, 3.63) is 40.5 Å². The zero-order valence-electron chi connectivity index (χ0n) is 9.27. The molecule has 2 aromatic heterocycles. The molecule has 0 amide bonds. The Kier molecular flexibility index (Phi) is 2.48. The highest BCUT2D eigenvalue weighted by Gasteiger charge is 2.36. The zero-order valence-corrected chi connectivity index (χ0v) is 10.1. The fraction of sp³-hybridized carbons (Fsp3) is 0.385. The lowest BCUT2D eigenvalue weighted by molar-refractivity contribution is 0.468. The molecule has 0 aromatic carbocycles. The van der Waals surface area contributed by atoms with Crippen molar-refractivity contribution < 1.29 is 4.42 Å². The molecule has 1 fully saturated rings. The smallest absolute Gasteiger partial charge is 0.123 e. The van der Waals surface area contributed by atoms with Crippen LogP contribution in [0.4, 0.5) is 5.69 Å². The minimum Gasteiger partial charge on any atom is -0.464 e. The Morgan fingerprint density at radius 1 is 1.44 bits per heavy atom. The van der Waals surface area contributed by atoms with E-state index < -0.39 is 0 Å². The van der Waals surface area contributed by atoms with E-state index in [1.807, 2.05) is 0 Å². The first-order valence-electron chi connectivity index (χ1n) is 5.67. The largest absolute Gasteiger partial charge is 0.464 e. The van der Waals surface area contributed by atoms with E-state index >= 15 is 0 Å². The van der Waals surface area contributed by atoms with E-state index in [9.17, 15) is 0 Å². The Morgan fingerprint density at radius 2 is 2.31 bits per heavy atom. The second-order valence-corrected chi connectivity index (χ2v) is 5.27. The van der Waals surface area contributed by atoms with Gasteiger partial charge in [0.05, 0.1) is 6.54 Å². The van der Waals surface area contributed by atoms with Gasteiger partial charge in [-0.3, -0.25) is 0 Å². The van der Waals surface area contributed by atoms with Crippen molar-refractivity contribution >= 4 is 17.0 Å². The number of thiophene rings is 1. The van der Waals surface area contributed by atoms with Crippen LogP contribution < -0.4 is 5.32 Å². The molecular weight excluding hydrogens is 218 g/mol. The van der Waals surface area contributed by atoms with E-state index in [-0.39, 0.29) is 0 Å². The van der Waals surface area contributed by atoms with E-state index in [0.29, 0.717) is 5.92 Å². The monoisotopic (exact) mass is 233 g/mol. The summed E-state index contributed by atoms with van der Waals surface area (Å²) in [6, 6.07) is 6.29.